The Balaban J connectivity index is 1.93. The molecule has 0 amide bonds. The number of aryl methyl sites for hydroxylation is 2. The average Bonchev–Trinajstić information content (AvgIpc) is 2.83. The molecule has 0 saturated heterocycles. The fraction of sp³-hybridized carbons (Fsp3) is 0.333. The highest BCUT2D eigenvalue weighted by Crippen LogP contribution is 2.33. The van der Waals surface area contributed by atoms with Gasteiger partial charge in [-0.2, -0.15) is 0 Å². The van der Waals surface area contributed by atoms with E-state index in [1.807, 2.05) is 11.3 Å². The summed E-state index contributed by atoms with van der Waals surface area (Å²) in [6.07, 6.45) is 1.17. The van der Waals surface area contributed by atoms with Crippen LogP contribution in [0.15, 0.2) is 29.6 Å². The Morgan fingerprint density at radius 3 is 2.82 bits per heavy atom. The molecule has 1 aliphatic heterocycles. The topological polar surface area (TPSA) is 12.0 Å². The zero-order valence-electron chi connectivity index (χ0n) is 10.3. The second-order valence-corrected chi connectivity index (χ2v) is 5.87. The van der Waals surface area contributed by atoms with E-state index in [0.29, 0.717) is 5.92 Å². The first-order valence-corrected chi connectivity index (χ1v) is 6.99. The molecule has 0 bridgehead atoms. The first-order valence-electron chi connectivity index (χ1n) is 6.11. The number of benzene rings is 1. The lowest BCUT2D eigenvalue weighted by Gasteiger charge is -2.26. The summed E-state index contributed by atoms with van der Waals surface area (Å²) in [7, 11) is 0. The molecule has 88 valence electrons. The second-order valence-electron chi connectivity index (χ2n) is 4.89. The van der Waals surface area contributed by atoms with Gasteiger partial charge in [-0.05, 0) is 54.5 Å². The highest BCUT2D eigenvalue weighted by Gasteiger charge is 2.20. The van der Waals surface area contributed by atoms with Gasteiger partial charge in [0.15, 0.2) is 0 Å². The van der Waals surface area contributed by atoms with Crippen LogP contribution >= 0.6 is 11.3 Å². The van der Waals surface area contributed by atoms with Crippen molar-refractivity contribution in [3.63, 3.8) is 0 Å². The van der Waals surface area contributed by atoms with Crippen LogP contribution in [0.25, 0.3) is 0 Å². The van der Waals surface area contributed by atoms with Crippen molar-refractivity contribution in [2.24, 2.45) is 0 Å². The number of anilines is 1. The van der Waals surface area contributed by atoms with Crippen molar-refractivity contribution in [2.45, 2.75) is 26.2 Å². The average molecular weight is 243 g/mol. The Bertz CT molecular complexity index is 528. The summed E-state index contributed by atoms with van der Waals surface area (Å²) in [5, 5.41) is 5.75. The third kappa shape index (κ3) is 1.98. The van der Waals surface area contributed by atoms with E-state index in [-0.39, 0.29) is 0 Å². The molecule has 2 heterocycles. The van der Waals surface area contributed by atoms with Gasteiger partial charge in [-0.25, -0.2) is 0 Å². The van der Waals surface area contributed by atoms with Crippen molar-refractivity contribution in [2.75, 3.05) is 11.9 Å². The minimum atomic E-state index is 0.643. The lowest BCUT2D eigenvalue weighted by Crippen LogP contribution is -2.21. The predicted molar refractivity (Wildman–Crippen MR) is 75.2 cm³/mol. The van der Waals surface area contributed by atoms with Crippen molar-refractivity contribution in [1.82, 2.24) is 0 Å². The van der Waals surface area contributed by atoms with E-state index < -0.39 is 0 Å². The molecular formula is C15H17NS. The number of thiophene rings is 1. The summed E-state index contributed by atoms with van der Waals surface area (Å²) < 4.78 is 0. The van der Waals surface area contributed by atoms with E-state index in [4.69, 9.17) is 0 Å². The molecule has 1 aromatic heterocycles. The number of fused-ring (bicyclic) bond motifs is 1. The van der Waals surface area contributed by atoms with E-state index in [9.17, 15) is 0 Å². The molecule has 3 rings (SSSR count). The van der Waals surface area contributed by atoms with E-state index in [1.54, 1.807) is 0 Å². The number of rotatable bonds is 1. The minimum Gasteiger partial charge on any atom is -0.384 e. The molecule has 2 aromatic rings. The molecule has 0 radical (unpaired) electrons. The maximum Gasteiger partial charge on any atom is 0.0376 e. The molecule has 2 heteroatoms. The van der Waals surface area contributed by atoms with Gasteiger partial charge in [0.2, 0.25) is 0 Å². The number of nitrogens with one attached hydrogen (secondary N) is 1. The second kappa shape index (κ2) is 4.19. The smallest absolute Gasteiger partial charge is 0.0376 e. The standard InChI is InChI=1S/C15H17NS/c1-10-6-12-8-13(15-4-3-5-17-15)9-16-14(12)7-11(10)2/h3-7,13,16H,8-9H2,1-2H3. The Morgan fingerprint density at radius 1 is 1.24 bits per heavy atom. The lowest BCUT2D eigenvalue weighted by molar-refractivity contribution is 0.706. The van der Waals surface area contributed by atoms with Crippen LogP contribution in [0, 0.1) is 13.8 Å². The monoisotopic (exact) mass is 243 g/mol. The van der Waals surface area contributed by atoms with Crippen LogP contribution in [0.2, 0.25) is 0 Å². The summed E-state index contributed by atoms with van der Waals surface area (Å²) in [5.74, 6) is 0.643. The molecule has 1 aromatic carbocycles. The van der Waals surface area contributed by atoms with Crippen molar-refractivity contribution in [3.8, 4) is 0 Å². The maximum atomic E-state index is 3.58. The Hall–Kier alpha value is -1.28. The van der Waals surface area contributed by atoms with Crippen molar-refractivity contribution >= 4 is 17.0 Å². The highest BCUT2D eigenvalue weighted by molar-refractivity contribution is 7.10. The fourth-order valence-electron chi connectivity index (χ4n) is 2.50. The van der Waals surface area contributed by atoms with E-state index >= 15 is 0 Å². The summed E-state index contributed by atoms with van der Waals surface area (Å²) >= 11 is 1.87. The highest BCUT2D eigenvalue weighted by atomic mass is 32.1. The van der Waals surface area contributed by atoms with Gasteiger partial charge in [0, 0.05) is 23.0 Å². The van der Waals surface area contributed by atoms with Gasteiger partial charge >= 0.3 is 0 Å². The molecular weight excluding hydrogens is 226 g/mol. The van der Waals surface area contributed by atoms with Gasteiger partial charge in [-0.1, -0.05) is 12.1 Å². The van der Waals surface area contributed by atoms with Gasteiger partial charge < -0.3 is 5.32 Å². The first kappa shape index (κ1) is 10.8. The summed E-state index contributed by atoms with van der Waals surface area (Å²) in [6, 6.07) is 9.03. The van der Waals surface area contributed by atoms with E-state index in [2.05, 4.69) is 48.8 Å². The van der Waals surface area contributed by atoms with Crippen molar-refractivity contribution in [1.29, 1.82) is 0 Å². The Labute approximate surface area is 106 Å². The maximum absolute atomic E-state index is 3.58. The van der Waals surface area contributed by atoms with Crippen molar-refractivity contribution in [3.05, 3.63) is 51.2 Å². The lowest BCUT2D eigenvalue weighted by atomic mass is 9.90. The SMILES string of the molecule is Cc1cc2c(cc1C)NCC(c1cccs1)C2. The molecule has 0 saturated carbocycles. The van der Waals surface area contributed by atoms with Gasteiger partial charge in [0.1, 0.15) is 0 Å². The van der Waals surface area contributed by atoms with E-state index in [1.165, 1.54) is 33.7 Å². The third-order valence-electron chi connectivity index (χ3n) is 3.67. The van der Waals surface area contributed by atoms with Crippen LogP contribution in [-0.2, 0) is 6.42 Å². The zero-order valence-corrected chi connectivity index (χ0v) is 11.1. The molecule has 1 aliphatic rings. The summed E-state index contributed by atoms with van der Waals surface area (Å²) in [6.45, 7) is 5.45. The van der Waals surface area contributed by atoms with Crippen LogP contribution in [-0.4, -0.2) is 6.54 Å². The van der Waals surface area contributed by atoms with Gasteiger partial charge in [0.25, 0.3) is 0 Å². The quantitative estimate of drug-likeness (QED) is 0.794. The molecule has 17 heavy (non-hydrogen) atoms. The molecule has 1 nitrogen and oxygen atoms in total. The Morgan fingerprint density at radius 2 is 2.06 bits per heavy atom. The van der Waals surface area contributed by atoms with E-state index in [0.717, 1.165) is 6.54 Å². The van der Waals surface area contributed by atoms with Crippen LogP contribution in [0.1, 0.15) is 27.5 Å². The summed E-state index contributed by atoms with van der Waals surface area (Å²) in [4.78, 5) is 1.50. The van der Waals surface area contributed by atoms with Crippen LogP contribution in [0.3, 0.4) is 0 Å². The largest absolute Gasteiger partial charge is 0.384 e. The molecule has 0 fully saturated rings. The first-order chi connectivity index (χ1) is 8.24. The number of hydrogen-bond acceptors (Lipinski definition) is 2. The summed E-state index contributed by atoms with van der Waals surface area (Å²) in [5.41, 5.74) is 5.59. The van der Waals surface area contributed by atoms with Gasteiger partial charge in [-0.3, -0.25) is 0 Å². The van der Waals surface area contributed by atoms with Gasteiger partial charge in [-0.15, -0.1) is 11.3 Å². The van der Waals surface area contributed by atoms with Crippen LogP contribution < -0.4 is 5.32 Å². The normalized spacial score (nSPS) is 18.6. The molecule has 1 atom stereocenters. The molecule has 0 aliphatic carbocycles. The zero-order chi connectivity index (χ0) is 11.8. The minimum absolute atomic E-state index is 0.643. The van der Waals surface area contributed by atoms with Crippen molar-refractivity contribution < 1.29 is 0 Å². The van der Waals surface area contributed by atoms with Crippen LogP contribution in [0.5, 0.6) is 0 Å². The third-order valence-corrected chi connectivity index (χ3v) is 4.71. The van der Waals surface area contributed by atoms with Crippen LogP contribution in [0.4, 0.5) is 5.69 Å². The predicted octanol–water partition coefficient (Wildman–Crippen LogP) is 4.12. The number of hydrogen-bond donors (Lipinski definition) is 1. The molecule has 1 unspecified atom stereocenters. The Kier molecular flexibility index (Phi) is 2.67. The molecule has 1 N–H and O–H groups in total. The molecule has 0 spiro atoms. The van der Waals surface area contributed by atoms with Gasteiger partial charge in [0.05, 0.1) is 0 Å². The fourth-order valence-corrected chi connectivity index (χ4v) is 3.34.